The SMILES string of the molecule is N=C(N)Nc1cccc(C2=CCN(C(=O)/C=C/c3cnc4c(c3)CCC(=O)N4)CC2)c1. The van der Waals surface area contributed by atoms with Crippen molar-refractivity contribution in [1.29, 1.82) is 5.41 Å². The number of aryl methyl sites for hydroxylation is 1. The van der Waals surface area contributed by atoms with E-state index in [1.807, 2.05) is 30.3 Å². The number of pyridine rings is 1. The molecule has 0 atom stereocenters. The zero-order chi connectivity index (χ0) is 21.8. The van der Waals surface area contributed by atoms with Crippen molar-refractivity contribution in [3.8, 4) is 0 Å². The smallest absolute Gasteiger partial charge is 0.246 e. The highest BCUT2D eigenvalue weighted by atomic mass is 16.2. The van der Waals surface area contributed by atoms with Crippen LogP contribution in [0.2, 0.25) is 0 Å². The van der Waals surface area contributed by atoms with Crippen LogP contribution in [0, 0.1) is 5.41 Å². The quantitative estimate of drug-likeness (QED) is 0.346. The van der Waals surface area contributed by atoms with E-state index >= 15 is 0 Å². The highest BCUT2D eigenvalue weighted by molar-refractivity contribution is 5.94. The Hall–Kier alpha value is -3.94. The molecule has 0 saturated heterocycles. The first-order chi connectivity index (χ1) is 15.0. The highest BCUT2D eigenvalue weighted by Crippen LogP contribution is 2.25. The molecule has 2 aromatic rings. The minimum Gasteiger partial charge on any atom is -0.370 e. The van der Waals surface area contributed by atoms with Gasteiger partial charge in [0.05, 0.1) is 0 Å². The number of guanidine groups is 1. The highest BCUT2D eigenvalue weighted by Gasteiger charge is 2.17. The molecule has 0 fully saturated rings. The number of carbonyl (C=O) groups is 2. The van der Waals surface area contributed by atoms with Crippen molar-refractivity contribution in [3.05, 3.63) is 65.4 Å². The molecule has 8 nitrogen and oxygen atoms in total. The van der Waals surface area contributed by atoms with Crippen molar-refractivity contribution < 1.29 is 9.59 Å². The van der Waals surface area contributed by atoms with Crippen molar-refractivity contribution in [2.45, 2.75) is 19.3 Å². The molecule has 1 aromatic carbocycles. The predicted octanol–water partition coefficient (Wildman–Crippen LogP) is 2.60. The van der Waals surface area contributed by atoms with Gasteiger partial charge in [0.25, 0.3) is 0 Å². The molecular weight excluding hydrogens is 392 g/mol. The van der Waals surface area contributed by atoms with E-state index in [2.05, 4.69) is 21.7 Å². The maximum atomic E-state index is 12.6. The molecule has 31 heavy (non-hydrogen) atoms. The predicted molar refractivity (Wildman–Crippen MR) is 121 cm³/mol. The first kappa shape index (κ1) is 20.3. The normalized spacial score (nSPS) is 15.8. The molecule has 3 heterocycles. The van der Waals surface area contributed by atoms with Crippen LogP contribution in [-0.4, -0.2) is 40.7 Å². The Labute approximate surface area is 180 Å². The Morgan fingerprint density at radius 2 is 2.13 bits per heavy atom. The number of anilines is 2. The molecule has 2 amide bonds. The molecule has 0 spiro atoms. The summed E-state index contributed by atoms with van der Waals surface area (Å²) >= 11 is 0. The van der Waals surface area contributed by atoms with Gasteiger partial charge < -0.3 is 21.3 Å². The van der Waals surface area contributed by atoms with E-state index in [0.717, 1.165) is 28.8 Å². The summed E-state index contributed by atoms with van der Waals surface area (Å²) in [6, 6.07) is 9.70. The van der Waals surface area contributed by atoms with E-state index < -0.39 is 0 Å². The van der Waals surface area contributed by atoms with E-state index in [9.17, 15) is 9.59 Å². The molecule has 5 N–H and O–H groups in total. The van der Waals surface area contributed by atoms with Gasteiger partial charge in [-0.25, -0.2) is 4.98 Å². The van der Waals surface area contributed by atoms with Crippen molar-refractivity contribution >= 4 is 40.9 Å². The summed E-state index contributed by atoms with van der Waals surface area (Å²) in [6.45, 7) is 1.17. The van der Waals surface area contributed by atoms with Gasteiger partial charge in [-0.1, -0.05) is 18.2 Å². The number of nitrogens with one attached hydrogen (secondary N) is 3. The largest absolute Gasteiger partial charge is 0.370 e. The van der Waals surface area contributed by atoms with Gasteiger partial charge >= 0.3 is 0 Å². The Kier molecular flexibility index (Phi) is 5.79. The molecule has 0 saturated carbocycles. The van der Waals surface area contributed by atoms with Crippen molar-refractivity contribution in [1.82, 2.24) is 9.88 Å². The minimum atomic E-state index is -0.0998. The maximum absolute atomic E-state index is 12.6. The number of carbonyl (C=O) groups excluding carboxylic acids is 2. The lowest BCUT2D eigenvalue weighted by Gasteiger charge is -2.26. The van der Waals surface area contributed by atoms with Gasteiger partial charge in [-0.2, -0.15) is 0 Å². The summed E-state index contributed by atoms with van der Waals surface area (Å²) in [7, 11) is 0. The van der Waals surface area contributed by atoms with Crippen LogP contribution in [0.25, 0.3) is 11.6 Å². The second-order valence-electron chi connectivity index (χ2n) is 7.54. The maximum Gasteiger partial charge on any atom is 0.246 e. The third-order valence-corrected chi connectivity index (χ3v) is 5.32. The van der Waals surface area contributed by atoms with Crippen molar-refractivity contribution in [3.63, 3.8) is 0 Å². The second kappa shape index (κ2) is 8.83. The van der Waals surface area contributed by atoms with E-state index in [0.29, 0.717) is 31.7 Å². The standard InChI is InChI=1S/C23H24N6O2/c24-23(25)27-19-3-1-2-17(13-19)16-8-10-29(11-9-16)21(31)7-4-15-12-18-5-6-20(30)28-22(18)26-14-15/h1-4,7-8,12-14H,5-6,9-11H2,(H4,24,25,27)(H,26,28,30)/b7-4+. The molecule has 0 unspecified atom stereocenters. The monoisotopic (exact) mass is 416 g/mol. The molecule has 1 aromatic heterocycles. The number of rotatable bonds is 4. The van der Waals surface area contributed by atoms with Gasteiger partial charge in [0.2, 0.25) is 11.8 Å². The Morgan fingerprint density at radius 1 is 1.26 bits per heavy atom. The van der Waals surface area contributed by atoms with Gasteiger partial charge in [-0.3, -0.25) is 15.0 Å². The van der Waals surface area contributed by atoms with Crippen LogP contribution in [0.1, 0.15) is 29.5 Å². The van der Waals surface area contributed by atoms with E-state index in [4.69, 9.17) is 11.1 Å². The van der Waals surface area contributed by atoms with Crippen LogP contribution in [0.3, 0.4) is 0 Å². The third-order valence-electron chi connectivity index (χ3n) is 5.32. The Morgan fingerprint density at radius 3 is 2.90 bits per heavy atom. The third kappa shape index (κ3) is 4.98. The zero-order valence-electron chi connectivity index (χ0n) is 17.0. The molecule has 158 valence electrons. The van der Waals surface area contributed by atoms with Crippen LogP contribution in [0.5, 0.6) is 0 Å². The number of amides is 2. The summed E-state index contributed by atoms with van der Waals surface area (Å²) in [5, 5.41) is 12.9. The van der Waals surface area contributed by atoms with Crippen molar-refractivity contribution in [2.24, 2.45) is 5.73 Å². The average molecular weight is 416 g/mol. The van der Waals surface area contributed by atoms with Crippen LogP contribution in [0.4, 0.5) is 11.5 Å². The van der Waals surface area contributed by atoms with Crippen LogP contribution in [0.15, 0.2) is 48.7 Å². The number of hydrogen-bond acceptors (Lipinski definition) is 4. The number of benzene rings is 1. The fourth-order valence-corrected chi connectivity index (χ4v) is 3.72. The first-order valence-electron chi connectivity index (χ1n) is 10.1. The summed E-state index contributed by atoms with van der Waals surface area (Å²) in [4.78, 5) is 30.1. The number of aromatic nitrogens is 1. The summed E-state index contributed by atoms with van der Waals surface area (Å²) < 4.78 is 0. The first-order valence-corrected chi connectivity index (χ1v) is 10.1. The number of fused-ring (bicyclic) bond motifs is 1. The molecule has 0 bridgehead atoms. The van der Waals surface area contributed by atoms with E-state index in [-0.39, 0.29) is 17.8 Å². The van der Waals surface area contributed by atoms with Crippen LogP contribution in [-0.2, 0) is 16.0 Å². The van der Waals surface area contributed by atoms with Gasteiger partial charge in [0.15, 0.2) is 5.96 Å². The topological polar surface area (TPSA) is 124 Å². The van der Waals surface area contributed by atoms with Gasteiger partial charge in [0, 0.05) is 37.5 Å². The molecule has 4 rings (SSSR count). The number of hydrogen-bond donors (Lipinski definition) is 4. The molecule has 2 aliphatic rings. The fraction of sp³-hybridized carbons (Fsp3) is 0.217. The van der Waals surface area contributed by atoms with Crippen LogP contribution >= 0.6 is 0 Å². The minimum absolute atomic E-state index is 0.0159. The Bertz CT molecular complexity index is 1100. The Balaban J connectivity index is 1.38. The number of nitrogens with two attached hydrogens (primary N) is 1. The zero-order valence-corrected chi connectivity index (χ0v) is 17.0. The van der Waals surface area contributed by atoms with Gasteiger partial charge in [-0.05, 0) is 59.4 Å². The lowest BCUT2D eigenvalue weighted by Crippen LogP contribution is -2.33. The molecule has 0 radical (unpaired) electrons. The van der Waals surface area contributed by atoms with E-state index in [1.165, 1.54) is 5.57 Å². The van der Waals surface area contributed by atoms with Gasteiger partial charge in [0.1, 0.15) is 5.82 Å². The van der Waals surface area contributed by atoms with Crippen LogP contribution < -0.4 is 16.4 Å². The molecule has 8 heteroatoms. The summed E-state index contributed by atoms with van der Waals surface area (Å²) in [5.41, 5.74) is 10.2. The lowest BCUT2D eigenvalue weighted by atomic mass is 9.99. The lowest BCUT2D eigenvalue weighted by molar-refractivity contribution is -0.125. The molecule has 2 aliphatic heterocycles. The number of nitrogens with zero attached hydrogens (tertiary/aromatic N) is 2. The summed E-state index contributed by atoms with van der Waals surface area (Å²) in [5.74, 6) is 0.444. The van der Waals surface area contributed by atoms with E-state index in [1.54, 1.807) is 23.2 Å². The summed E-state index contributed by atoms with van der Waals surface area (Å²) in [6.07, 6.45) is 8.92. The molecular formula is C23H24N6O2. The second-order valence-corrected chi connectivity index (χ2v) is 7.54. The fourth-order valence-electron chi connectivity index (χ4n) is 3.72. The molecule has 0 aliphatic carbocycles. The van der Waals surface area contributed by atoms with Crippen molar-refractivity contribution in [2.75, 3.05) is 23.7 Å². The average Bonchev–Trinajstić information content (AvgIpc) is 2.77. The van der Waals surface area contributed by atoms with Gasteiger partial charge in [-0.15, -0.1) is 0 Å².